The lowest BCUT2D eigenvalue weighted by Gasteiger charge is -2.11. The third kappa shape index (κ3) is 3.90. The first kappa shape index (κ1) is 20.0. The fourth-order valence-electron chi connectivity index (χ4n) is 2.63. The van der Waals surface area contributed by atoms with E-state index in [9.17, 15) is 26.0 Å². The van der Waals surface area contributed by atoms with E-state index in [0.29, 0.717) is 0 Å². The minimum Gasteiger partial charge on any atom is -0.444 e. The van der Waals surface area contributed by atoms with Crippen LogP contribution >= 0.6 is 0 Å². The number of rotatable bonds is 4. The SMILES string of the molecule is CS(=O)(=O)c1ccc(-c2oc(S(C)(=O)=O)cc(=O)c2-c2ccccc2F)cc1. The summed E-state index contributed by atoms with van der Waals surface area (Å²) in [5.41, 5.74) is -0.719. The highest BCUT2D eigenvalue weighted by molar-refractivity contribution is 7.90. The van der Waals surface area contributed by atoms with Crippen LogP contribution in [0.2, 0.25) is 0 Å². The van der Waals surface area contributed by atoms with Crippen molar-refractivity contribution < 1.29 is 25.6 Å². The van der Waals surface area contributed by atoms with E-state index in [1.165, 1.54) is 42.5 Å². The standard InChI is InChI=1S/C19H15FO6S2/c1-27(22,23)13-9-7-12(8-10-13)19-18(14-5-3-4-6-15(14)20)16(21)11-17(26-19)28(2,24)25/h3-11H,1-2H3. The van der Waals surface area contributed by atoms with Gasteiger partial charge in [0.25, 0.3) is 0 Å². The topological polar surface area (TPSA) is 98.5 Å². The van der Waals surface area contributed by atoms with Crippen molar-refractivity contribution >= 4 is 19.7 Å². The van der Waals surface area contributed by atoms with E-state index < -0.39 is 36.0 Å². The third-order valence-electron chi connectivity index (χ3n) is 3.98. The Hall–Kier alpha value is -2.78. The fourth-order valence-corrected chi connectivity index (χ4v) is 3.82. The number of hydrogen-bond acceptors (Lipinski definition) is 6. The van der Waals surface area contributed by atoms with Gasteiger partial charge in [0.15, 0.2) is 15.3 Å². The van der Waals surface area contributed by atoms with E-state index in [-0.39, 0.29) is 27.3 Å². The lowest BCUT2D eigenvalue weighted by Crippen LogP contribution is -2.11. The second-order valence-corrected chi connectivity index (χ2v) is 10.1. The second-order valence-electron chi connectivity index (χ2n) is 6.18. The van der Waals surface area contributed by atoms with Crippen molar-refractivity contribution in [2.75, 3.05) is 12.5 Å². The van der Waals surface area contributed by atoms with Crippen LogP contribution in [0.15, 0.2) is 73.8 Å². The maximum atomic E-state index is 14.3. The average Bonchev–Trinajstić information content (AvgIpc) is 2.60. The van der Waals surface area contributed by atoms with Crippen molar-refractivity contribution in [3.63, 3.8) is 0 Å². The molecule has 146 valence electrons. The van der Waals surface area contributed by atoms with Gasteiger partial charge in [0.1, 0.15) is 11.6 Å². The van der Waals surface area contributed by atoms with Crippen LogP contribution < -0.4 is 5.43 Å². The van der Waals surface area contributed by atoms with E-state index in [2.05, 4.69) is 0 Å². The Morgan fingerprint density at radius 3 is 2.00 bits per heavy atom. The van der Waals surface area contributed by atoms with E-state index in [4.69, 9.17) is 4.42 Å². The summed E-state index contributed by atoms with van der Waals surface area (Å²) < 4.78 is 66.9. The molecule has 1 aromatic heterocycles. The minimum atomic E-state index is -3.85. The maximum absolute atomic E-state index is 14.3. The molecule has 0 amide bonds. The van der Waals surface area contributed by atoms with Gasteiger partial charge in [-0.25, -0.2) is 21.2 Å². The zero-order valence-corrected chi connectivity index (χ0v) is 16.5. The maximum Gasteiger partial charge on any atom is 0.222 e. The molecule has 1 heterocycles. The first-order chi connectivity index (χ1) is 13.0. The molecule has 3 rings (SSSR count). The van der Waals surface area contributed by atoms with Gasteiger partial charge in [0.05, 0.1) is 10.5 Å². The molecule has 9 heteroatoms. The number of benzene rings is 2. The van der Waals surface area contributed by atoms with Gasteiger partial charge in [-0.2, -0.15) is 0 Å². The highest BCUT2D eigenvalue weighted by Crippen LogP contribution is 2.33. The fraction of sp³-hybridized carbons (Fsp3) is 0.105. The van der Waals surface area contributed by atoms with Crippen LogP contribution in [0.25, 0.3) is 22.5 Å². The van der Waals surface area contributed by atoms with Crippen LogP contribution in [-0.4, -0.2) is 29.3 Å². The summed E-state index contributed by atoms with van der Waals surface area (Å²) in [6.45, 7) is 0. The summed E-state index contributed by atoms with van der Waals surface area (Å²) in [5, 5.41) is -0.570. The third-order valence-corrected chi connectivity index (χ3v) is 6.04. The summed E-state index contributed by atoms with van der Waals surface area (Å²) in [5.74, 6) is -0.853. The molecular formula is C19H15FO6S2. The van der Waals surface area contributed by atoms with Crippen molar-refractivity contribution in [3.8, 4) is 22.5 Å². The minimum absolute atomic E-state index is 0.0327. The monoisotopic (exact) mass is 422 g/mol. The molecule has 0 saturated heterocycles. The summed E-state index contributed by atoms with van der Waals surface area (Å²) in [4.78, 5) is 12.7. The summed E-state index contributed by atoms with van der Waals surface area (Å²) in [6, 6.07) is 11.6. The van der Waals surface area contributed by atoms with Crippen molar-refractivity contribution in [2.24, 2.45) is 0 Å². The summed E-state index contributed by atoms with van der Waals surface area (Å²) >= 11 is 0. The van der Waals surface area contributed by atoms with Gasteiger partial charge >= 0.3 is 0 Å². The molecule has 2 aromatic carbocycles. The molecule has 0 saturated carbocycles. The Labute approximate surface area is 161 Å². The van der Waals surface area contributed by atoms with Crippen LogP contribution in [0.1, 0.15) is 0 Å². The molecule has 0 aliphatic heterocycles. The summed E-state index contributed by atoms with van der Waals surface area (Å²) in [7, 11) is -7.31. The average molecular weight is 422 g/mol. The Morgan fingerprint density at radius 1 is 0.857 bits per heavy atom. The van der Waals surface area contributed by atoms with Crippen molar-refractivity contribution in [3.05, 3.63) is 70.6 Å². The molecule has 0 fully saturated rings. The molecule has 0 aliphatic carbocycles. The predicted molar refractivity (Wildman–Crippen MR) is 102 cm³/mol. The molecule has 0 N–H and O–H groups in total. The van der Waals surface area contributed by atoms with Gasteiger partial charge in [0.2, 0.25) is 14.9 Å². The van der Waals surface area contributed by atoms with E-state index in [1.807, 2.05) is 0 Å². The predicted octanol–water partition coefficient (Wildman–Crippen LogP) is 2.92. The molecule has 0 radical (unpaired) electrons. The summed E-state index contributed by atoms with van der Waals surface area (Å²) in [6.07, 6.45) is 1.92. The number of sulfone groups is 2. The highest BCUT2D eigenvalue weighted by Gasteiger charge is 2.22. The van der Waals surface area contributed by atoms with Gasteiger partial charge in [-0.15, -0.1) is 0 Å². The zero-order valence-electron chi connectivity index (χ0n) is 14.8. The van der Waals surface area contributed by atoms with Gasteiger partial charge in [-0.1, -0.05) is 18.2 Å². The molecule has 6 nitrogen and oxygen atoms in total. The smallest absolute Gasteiger partial charge is 0.222 e. The molecule has 0 atom stereocenters. The highest BCUT2D eigenvalue weighted by atomic mass is 32.2. The van der Waals surface area contributed by atoms with Crippen LogP contribution in [0.3, 0.4) is 0 Å². The van der Waals surface area contributed by atoms with E-state index >= 15 is 0 Å². The Morgan fingerprint density at radius 2 is 1.46 bits per heavy atom. The van der Waals surface area contributed by atoms with E-state index in [0.717, 1.165) is 24.6 Å². The number of halogens is 1. The van der Waals surface area contributed by atoms with Crippen LogP contribution in [-0.2, 0) is 19.7 Å². The van der Waals surface area contributed by atoms with Crippen LogP contribution in [0, 0.1) is 5.82 Å². The number of hydrogen-bond donors (Lipinski definition) is 0. The molecule has 0 aliphatic rings. The first-order valence-electron chi connectivity index (χ1n) is 7.92. The Kier molecular flexibility index (Phi) is 4.99. The van der Waals surface area contributed by atoms with Gasteiger partial charge < -0.3 is 4.42 Å². The van der Waals surface area contributed by atoms with Crippen LogP contribution in [0.4, 0.5) is 4.39 Å². The van der Waals surface area contributed by atoms with Crippen molar-refractivity contribution in [2.45, 2.75) is 9.99 Å². The van der Waals surface area contributed by atoms with E-state index in [1.54, 1.807) is 0 Å². The first-order valence-corrected chi connectivity index (χ1v) is 11.7. The van der Waals surface area contributed by atoms with Crippen molar-refractivity contribution in [1.29, 1.82) is 0 Å². The zero-order chi connectivity index (χ0) is 20.7. The molecule has 0 bridgehead atoms. The lowest BCUT2D eigenvalue weighted by atomic mass is 10.00. The molecule has 3 aromatic rings. The molecule has 28 heavy (non-hydrogen) atoms. The lowest BCUT2D eigenvalue weighted by molar-refractivity contribution is 0.446. The Bertz CT molecular complexity index is 1320. The van der Waals surface area contributed by atoms with Gasteiger partial charge in [0, 0.05) is 29.7 Å². The molecular weight excluding hydrogens is 407 g/mol. The van der Waals surface area contributed by atoms with Gasteiger partial charge in [-0.3, -0.25) is 4.79 Å². The Balaban J connectivity index is 2.36. The molecule has 0 unspecified atom stereocenters. The quantitative estimate of drug-likeness (QED) is 0.641. The largest absolute Gasteiger partial charge is 0.444 e. The van der Waals surface area contributed by atoms with Crippen LogP contribution in [0.5, 0.6) is 0 Å². The normalized spacial score (nSPS) is 12.1. The van der Waals surface area contributed by atoms with Crippen molar-refractivity contribution in [1.82, 2.24) is 0 Å². The second kappa shape index (κ2) is 6.99. The van der Waals surface area contributed by atoms with Gasteiger partial charge in [-0.05, 0) is 30.3 Å². The molecule has 0 spiro atoms.